The van der Waals surface area contributed by atoms with Crippen molar-refractivity contribution >= 4 is 21.7 Å². The molecule has 1 atom stereocenters. The molecule has 100 valence electrons. The highest BCUT2D eigenvalue weighted by Gasteiger charge is 2.38. The second-order valence-corrected chi connectivity index (χ2v) is 4.46. The van der Waals surface area contributed by atoms with Crippen molar-refractivity contribution in [3.8, 4) is 5.75 Å². The second kappa shape index (κ2) is 5.51. The van der Waals surface area contributed by atoms with Gasteiger partial charge in [-0.2, -0.15) is 13.2 Å². The minimum Gasteiger partial charge on any atom is -0.484 e. The van der Waals surface area contributed by atoms with Crippen molar-refractivity contribution < 1.29 is 22.8 Å². The zero-order chi connectivity index (χ0) is 13.9. The van der Waals surface area contributed by atoms with Gasteiger partial charge in [-0.05, 0) is 22.0 Å². The van der Waals surface area contributed by atoms with E-state index in [1.807, 2.05) is 0 Å². The highest BCUT2D eigenvalue weighted by Crippen LogP contribution is 2.29. The second-order valence-electron chi connectivity index (χ2n) is 3.35. The molecule has 0 fully saturated rings. The molecule has 0 N–H and O–H groups in total. The predicted octanol–water partition coefficient (Wildman–Crippen LogP) is 3.00. The number of aromatic nitrogens is 1. The van der Waals surface area contributed by atoms with Crippen LogP contribution in [0.5, 0.6) is 5.75 Å². The number of pyridine rings is 1. The standard InChI is InChI=1S/C9H8BrF3N2O3/c1-5-2-3-6(8(14-5)15(16)17)18-4-7(10)9(11,12)13/h2-3,7H,4H2,1H3. The summed E-state index contributed by atoms with van der Waals surface area (Å²) in [4.78, 5) is 11.5. The lowest BCUT2D eigenvalue weighted by Crippen LogP contribution is -2.29. The van der Waals surface area contributed by atoms with Gasteiger partial charge in [0, 0.05) is 6.92 Å². The molecule has 0 saturated heterocycles. The molecule has 0 aliphatic carbocycles. The van der Waals surface area contributed by atoms with Gasteiger partial charge in [0.2, 0.25) is 5.75 Å². The monoisotopic (exact) mass is 328 g/mol. The first-order chi connectivity index (χ1) is 8.21. The van der Waals surface area contributed by atoms with E-state index in [0.717, 1.165) is 0 Å². The Bertz CT molecular complexity index is 453. The van der Waals surface area contributed by atoms with Crippen molar-refractivity contribution in [2.45, 2.75) is 17.9 Å². The van der Waals surface area contributed by atoms with E-state index in [-0.39, 0.29) is 5.75 Å². The van der Waals surface area contributed by atoms with Crippen LogP contribution in [0.1, 0.15) is 5.69 Å². The van der Waals surface area contributed by atoms with E-state index in [9.17, 15) is 23.3 Å². The van der Waals surface area contributed by atoms with Crippen LogP contribution in [0.15, 0.2) is 12.1 Å². The van der Waals surface area contributed by atoms with Crippen molar-refractivity contribution in [3.63, 3.8) is 0 Å². The van der Waals surface area contributed by atoms with Gasteiger partial charge in [-0.3, -0.25) is 0 Å². The fourth-order valence-electron chi connectivity index (χ4n) is 1.03. The summed E-state index contributed by atoms with van der Waals surface area (Å²) in [6, 6.07) is 2.63. The molecule has 1 aromatic heterocycles. The molecule has 0 saturated carbocycles. The maximum Gasteiger partial charge on any atom is 0.406 e. The quantitative estimate of drug-likeness (QED) is 0.484. The lowest BCUT2D eigenvalue weighted by molar-refractivity contribution is -0.390. The van der Waals surface area contributed by atoms with Crippen LogP contribution in [0.2, 0.25) is 0 Å². The van der Waals surface area contributed by atoms with E-state index >= 15 is 0 Å². The number of rotatable bonds is 4. The van der Waals surface area contributed by atoms with Gasteiger partial charge in [0.15, 0.2) is 0 Å². The van der Waals surface area contributed by atoms with Crippen LogP contribution in [0.4, 0.5) is 19.0 Å². The highest BCUT2D eigenvalue weighted by molar-refractivity contribution is 9.09. The van der Waals surface area contributed by atoms with Crippen LogP contribution in [0.3, 0.4) is 0 Å². The fraction of sp³-hybridized carbons (Fsp3) is 0.444. The Morgan fingerprint density at radius 3 is 2.67 bits per heavy atom. The molecule has 0 bridgehead atoms. The summed E-state index contributed by atoms with van der Waals surface area (Å²) in [6.07, 6.45) is -4.48. The Morgan fingerprint density at radius 1 is 1.56 bits per heavy atom. The van der Waals surface area contributed by atoms with E-state index in [4.69, 9.17) is 4.74 Å². The molecule has 0 amide bonds. The molecule has 1 aromatic rings. The topological polar surface area (TPSA) is 65.3 Å². The zero-order valence-electron chi connectivity index (χ0n) is 9.07. The summed E-state index contributed by atoms with van der Waals surface area (Å²) in [7, 11) is 0. The summed E-state index contributed by atoms with van der Waals surface area (Å²) >= 11 is 2.39. The summed E-state index contributed by atoms with van der Waals surface area (Å²) in [5.41, 5.74) is 0.375. The minimum atomic E-state index is -4.48. The molecule has 0 aromatic carbocycles. The van der Waals surface area contributed by atoms with Crippen molar-refractivity contribution in [3.05, 3.63) is 27.9 Å². The Balaban J connectivity index is 2.82. The Labute approximate surface area is 108 Å². The van der Waals surface area contributed by atoms with E-state index in [1.54, 1.807) is 0 Å². The molecule has 1 rings (SSSR count). The Kier molecular flexibility index (Phi) is 4.49. The van der Waals surface area contributed by atoms with Gasteiger partial charge in [-0.15, -0.1) is 0 Å². The maximum atomic E-state index is 12.2. The molecule has 0 aliphatic rings. The third kappa shape index (κ3) is 3.83. The first-order valence-corrected chi connectivity index (χ1v) is 5.59. The van der Waals surface area contributed by atoms with Crippen LogP contribution in [-0.2, 0) is 0 Å². The van der Waals surface area contributed by atoms with E-state index in [0.29, 0.717) is 5.69 Å². The molecule has 0 radical (unpaired) electrons. The number of ether oxygens (including phenoxy) is 1. The molecule has 0 spiro atoms. The van der Waals surface area contributed by atoms with E-state index in [1.165, 1.54) is 19.1 Å². The number of alkyl halides is 4. The van der Waals surface area contributed by atoms with Gasteiger partial charge in [0.05, 0.1) is 0 Å². The van der Waals surface area contributed by atoms with Crippen molar-refractivity contribution in [2.24, 2.45) is 0 Å². The van der Waals surface area contributed by atoms with Gasteiger partial charge < -0.3 is 14.9 Å². The largest absolute Gasteiger partial charge is 0.484 e. The van der Waals surface area contributed by atoms with Crippen LogP contribution >= 0.6 is 15.9 Å². The normalized spacial score (nSPS) is 13.2. The molecular weight excluding hydrogens is 321 g/mol. The van der Waals surface area contributed by atoms with E-state index in [2.05, 4.69) is 20.9 Å². The summed E-state index contributed by atoms with van der Waals surface area (Å²) in [6.45, 7) is 0.759. The molecular formula is C9H8BrF3N2O3. The number of aryl methyl sites for hydroxylation is 1. The molecule has 18 heavy (non-hydrogen) atoms. The number of hydrogen-bond donors (Lipinski definition) is 0. The molecule has 0 aliphatic heterocycles. The van der Waals surface area contributed by atoms with Crippen molar-refractivity contribution in [2.75, 3.05) is 6.61 Å². The third-order valence-electron chi connectivity index (χ3n) is 1.89. The lowest BCUT2D eigenvalue weighted by Gasteiger charge is -2.14. The van der Waals surface area contributed by atoms with Crippen LogP contribution in [0.25, 0.3) is 0 Å². The van der Waals surface area contributed by atoms with Gasteiger partial charge >= 0.3 is 12.0 Å². The smallest absolute Gasteiger partial charge is 0.406 e. The number of nitro groups is 1. The first kappa shape index (κ1) is 14.7. The highest BCUT2D eigenvalue weighted by atomic mass is 79.9. The van der Waals surface area contributed by atoms with Crippen LogP contribution in [0, 0.1) is 17.0 Å². The maximum absolute atomic E-state index is 12.2. The Morgan fingerprint density at radius 2 is 2.17 bits per heavy atom. The van der Waals surface area contributed by atoms with Crippen molar-refractivity contribution in [1.82, 2.24) is 4.98 Å². The number of halogens is 4. The van der Waals surface area contributed by atoms with Gasteiger partial charge in [0.1, 0.15) is 17.1 Å². The molecule has 9 heteroatoms. The van der Waals surface area contributed by atoms with Crippen LogP contribution in [-0.4, -0.2) is 27.5 Å². The van der Waals surface area contributed by atoms with Gasteiger partial charge in [-0.25, -0.2) is 0 Å². The van der Waals surface area contributed by atoms with Crippen molar-refractivity contribution in [1.29, 1.82) is 0 Å². The Hall–Kier alpha value is -1.38. The van der Waals surface area contributed by atoms with E-state index < -0.39 is 28.4 Å². The van der Waals surface area contributed by atoms with Gasteiger partial charge in [-0.1, -0.05) is 15.9 Å². The third-order valence-corrected chi connectivity index (χ3v) is 2.68. The number of hydrogen-bond acceptors (Lipinski definition) is 4. The SMILES string of the molecule is Cc1ccc(OCC(Br)C(F)(F)F)c([N+](=O)[O-])n1. The molecule has 5 nitrogen and oxygen atoms in total. The minimum absolute atomic E-state index is 0.292. The summed E-state index contributed by atoms with van der Waals surface area (Å²) in [5.74, 6) is -0.892. The predicted molar refractivity (Wildman–Crippen MR) is 59.9 cm³/mol. The molecule has 1 heterocycles. The fourth-order valence-corrected chi connectivity index (χ4v) is 1.16. The summed E-state index contributed by atoms with van der Waals surface area (Å²) in [5, 5.41) is 10.6. The average molecular weight is 329 g/mol. The van der Waals surface area contributed by atoms with Gasteiger partial charge in [0.25, 0.3) is 0 Å². The van der Waals surface area contributed by atoms with Crippen LogP contribution < -0.4 is 4.74 Å². The number of nitrogens with zero attached hydrogens (tertiary/aromatic N) is 2. The first-order valence-electron chi connectivity index (χ1n) is 4.67. The molecule has 1 unspecified atom stereocenters. The lowest BCUT2D eigenvalue weighted by atomic mass is 10.3. The zero-order valence-corrected chi connectivity index (χ0v) is 10.7. The average Bonchev–Trinajstić information content (AvgIpc) is 2.25. The summed E-state index contributed by atoms with van der Waals surface area (Å²) < 4.78 is 41.4.